The van der Waals surface area contributed by atoms with Crippen molar-refractivity contribution in [1.82, 2.24) is 0 Å². The summed E-state index contributed by atoms with van der Waals surface area (Å²) in [7, 11) is 0. The first-order chi connectivity index (χ1) is 17.4. The fourth-order valence-electron chi connectivity index (χ4n) is 4.11. The largest absolute Gasteiger partial charge is 0.381 e. The van der Waals surface area contributed by atoms with Crippen LogP contribution >= 0.6 is 0 Å². The summed E-state index contributed by atoms with van der Waals surface area (Å²) in [6.45, 7) is 4.01. The molecule has 0 radical (unpaired) electrons. The number of hydrogen-bond donors (Lipinski definition) is 0. The van der Waals surface area contributed by atoms with E-state index in [1.165, 1.54) is 18.2 Å². The predicted octanol–water partition coefficient (Wildman–Crippen LogP) is 7.34. The van der Waals surface area contributed by atoms with E-state index in [1.54, 1.807) is 12.1 Å². The van der Waals surface area contributed by atoms with Crippen molar-refractivity contribution < 1.29 is 31.4 Å². The molecule has 0 amide bonds. The summed E-state index contributed by atoms with van der Waals surface area (Å²) in [6.07, 6.45) is 2.47. The van der Waals surface area contributed by atoms with E-state index < -0.39 is 29.1 Å². The van der Waals surface area contributed by atoms with Crippen LogP contribution in [0.5, 0.6) is 0 Å². The second-order valence-corrected chi connectivity index (χ2v) is 8.78. The molecule has 0 saturated carbocycles. The number of rotatable bonds is 6. The first-order valence-electron chi connectivity index (χ1n) is 11.8. The van der Waals surface area contributed by atoms with Gasteiger partial charge in [-0.15, -0.1) is 0 Å². The third-order valence-corrected chi connectivity index (χ3v) is 6.04. The molecule has 7 heteroatoms. The van der Waals surface area contributed by atoms with Gasteiger partial charge in [-0.2, -0.15) is 0 Å². The van der Waals surface area contributed by atoms with Gasteiger partial charge < -0.3 is 9.47 Å². The molecule has 3 aromatic carbocycles. The predicted molar refractivity (Wildman–Crippen MR) is 127 cm³/mol. The van der Waals surface area contributed by atoms with E-state index in [2.05, 4.69) is 18.8 Å². The molecule has 1 heterocycles. The fraction of sp³-hybridized carbons (Fsp3) is 0.310. The minimum Gasteiger partial charge on any atom is -0.381 e. The summed E-state index contributed by atoms with van der Waals surface area (Å²) in [5.74, 6) is -0.369. The summed E-state index contributed by atoms with van der Waals surface area (Å²) in [5.41, 5.74) is 1.08. The maximum absolute atomic E-state index is 15.0. The molecule has 188 valence electrons. The lowest BCUT2D eigenvalue weighted by atomic mass is 9.93. The van der Waals surface area contributed by atoms with E-state index in [9.17, 15) is 22.0 Å². The van der Waals surface area contributed by atoms with E-state index in [4.69, 9.17) is 9.47 Å². The number of halogens is 5. The molecule has 2 unspecified atom stereocenters. The van der Waals surface area contributed by atoms with Crippen LogP contribution in [0.3, 0.4) is 0 Å². The van der Waals surface area contributed by atoms with Crippen LogP contribution < -0.4 is 0 Å². The molecule has 2 nitrogen and oxygen atoms in total. The lowest BCUT2D eigenvalue weighted by molar-refractivity contribution is -0.0434. The van der Waals surface area contributed by atoms with E-state index in [1.807, 2.05) is 0 Å². The van der Waals surface area contributed by atoms with Gasteiger partial charge in [-0.05, 0) is 60.7 Å². The zero-order chi connectivity index (χ0) is 25.7. The van der Waals surface area contributed by atoms with Gasteiger partial charge in [0.05, 0.1) is 24.9 Å². The fourth-order valence-corrected chi connectivity index (χ4v) is 4.11. The molecular formula is C29H25F5O2. The Kier molecular flexibility index (Phi) is 8.40. The zero-order valence-corrected chi connectivity index (χ0v) is 19.7. The highest BCUT2D eigenvalue weighted by molar-refractivity contribution is 5.66. The molecule has 36 heavy (non-hydrogen) atoms. The minimum absolute atomic E-state index is 0.0472. The standard InChI is InChI=1S/C29H25F5O2/c1-2-11-35-16-19-4-10-28(36-17-19)22-8-9-23(25(31)15-22)21-7-6-20(24(30)14-21)5-3-18-12-26(32)29(34)27(33)13-18/h6-9,12-15,19,28H,2,4,10-11,16-17H2,1H3. The lowest BCUT2D eigenvalue weighted by Gasteiger charge is -2.29. The normalized spacial score (nSPS) is 17.5. The Bertz CT molecular complexity index is 1260. The smallest absolute Gasteiger partial charge is 0.194 e. The van der Waals surface area contributed by atoms with Crippen molar-refractivity contribution in [1.29, 1.82) is 0 Å². The van der Waals surface area contributed by atoms with Gasteiger partial charge >= 0.3 is 0 Å². The van der Waals surface area contributed by atoms with Crippen molar-refractivity contribution in [2.75, 3.05) is 19.8 Å². The Labute approximate surface area is 207 Å². The SMILES string of the molecule is CCCOCC1CCC(c2ccc(-c3ccc(C#Cc4cc(F)c(F)c(F)c4)c(F)c3)c(F)c2)OC1. The Balaban J connectivity index is 1.45. The zero-order valence-electron chi connectivity index (χ0n) is 19.7. The molecule has 2 atom stereocenters. The highest BCUT2D eigenvalue weighted by Gasteiger charge is 2.24. The summed E-state index contributed by atoms with van der Waals surface area (Å²) < 4.78 is 80.9. The van der Waals surface area contributed by atoms with Gasteiger partial charge in [0.1, 0.15) is 11.6 Å². The summed E-state index contributed by atoms with van der Waals surface area (Å²) in [6, 6.07) is 10.2. The average Bonchev–Trinajstić information content (AvgIpc) is 2.87. The molecule has 0 aromatic heterocycles. The third kappa shape index (κ3) is 6.13. The Hall–Kier alpha value is -3.21. The molecule has 1 saturated heterocycles. The van der Waals surface area contributed by atoms with Gasteiger partial charge in [0.2, 0.25) is 0 Å². The van der Waals surface area contributed by atoms with Crippen LogP contribution in [0.1, 0.15) is 49.0 Å². The molecule has 0 spiro atoms. The Morgan fingerprint density at radius 2 is 1.64 bits per heavy atom. The maximum Gasteiger partial charge on any atom is 0.194 e. The first kappa shape index (κ1) is 25.9. The Morgan fingerprint density at radius 3 is 2.28 bits per heavy atom. The van der Waals surface area contributed by atoms with Crippen molar-refractivity contribution in [3.05, 3.63) is 94.3 Å². The monoisotopic (exact) mass is 500 g/mol. The average molecular weight is 501 g/mol. The van der Waals surface area contributed by atoms with Crippen molar-refractivity contribution in [3.8, 4) is 23.0 Å². The van der Waals surface area contributed by atoms with Crippen molar-refractivity contribution in [3.63, 3.8) is 0 Å². The summed E-state index contributed by atoms with van der Waals surface area (Å²) in [5, 5.41) is 0. The second kappa shape index (κ2) is 11.7. The molecule has 0 bridgehead atoms. The van der Waals surface area contributed by atoms with Gasteiger partial charge in [-0.3, -0.25) is 0 Å². The number of benzene rings is 3. The van der Waals surface area contributed by atoms with Crippen LogP contribution in [-0.2, 0) is 9.47 Å². The van der Waals surface area contributed by atoms with Crippen molar-refractivity contribution in [2.24, 2.45) is 5.92 Å². The van der Waals surface area contributed by atoms with E-state index in [0.29, 0.717) is 24.7 Å². The highest BCUT2D eigenvalue weighted by Crippen LogP contribution is 2.33. The second-order valence-electron chi connectivity index (χ2n) is 8.78. The summed E-state index contributed by atoms with van der Waals surface area (Å²) in [4.78, 5) is 0. The molecule has 0 aliphatic carbocycles. The third-order valence-electron chi connectivity index (χ3n) is 6.04. The van der Waals surface area contributed by atoms with Crippen LogP contribution in [0.4, 0.5) is 22.0 Å². The molecule has 1 aliphatic heterocycles. The van der Waals surface area contributed by atoms with Crippen LogP contribution in [0, 0.1) is 46.8 Å². The lowest BCUT2D eigenvalue weighted by Crippen LogP contribution is -2.24. The molecule has 1 aliphatic rings. The quantitative estimate of drug-likeness (QED) is 0.153. The number of hydrogen-bond acceptors (Lipinski definition) is 2. The summed E-state index contributed by atoms with van der Waals surface area (Å²) >= 11 is 0. The van der Waals surface area contributed by atoms with Crippen molar-refractivity contribution >= 4 is 0 Å². The van der Waals surface area contributed by atoms with Crippen LogP contribution in [0.2, 0.25) is 0 Å². The molecule has 1 fully saturated rings. The minimum atomic E-state index is -1.60. The van der Waals surface area contributed by atoms with Crippen LogP contribution in [0.25, 0.3) is 11.1 Å². The molecule has 3 aromatic rings. The highest BCUT2D eigenvalue weighted by atomic mass is 19.2. The Morgan fingerprint density at radius 1 is 0.861 bits per heavy atom. The molecule has 4 rings (SSSR count). The van der Waals surface area contributed by atoms with Crippen LogP contribution in [-0.4, -0.2) is 19.8 Å². The van der Waals surface area contributed by atoms with E-state index >= 15 is 0 Å². The maximum atomic E-state index is 15.0. The topological polar surface area (TPSA) is 18.5 Å². The van der Waals surface area contributed by atoms with Gasteiger partial charge in [-0.25, -0.2) is 22.0 Å². The number of ether oxygens (including phenoxy) is 2. The van der Waals surface area contributed by atoms with E-state index in [-0.39, 0.29) is 22.8 Å². The van der Waals surface area contributed by atoms with Crippen molar-refractivity contribution in [2.45, 2.75) is 32.3 Å². The van der Waals surface area contributed by atoms with Crippen LogP contribution in [0.15, 0.2) is 48.5 Å². The van der Waals surface area contributed by atoms with Gasteiger partial charge in [0.25, 0.3) is 0 Å². The van der Waals surface area contributed by atoms with E-state index in [0.717, 1.165) is 49.6 Å². The first-order valence-corrected chi connectivity index (χ1v) is 11.8. The molecule has 0 N–H and O–H groups in total. The molecular weight excluding hydrogens is 475 g/mol. The van der Waals surface area contributed by atoms with Gasteiger partial charge in [-0.1, -0.05) is 37.0 Å². The van der Waals surface area contributed by atoms with Gasteiger partial charge in [0, 0.05) is 23.7 Å². The van der Waals surface area contributed by atoms with Gasteiger partial charge in [0.15, 0.2) is 17.5 Å².